The molecule has 9 nitrogen and oxygen atoms in total. The number of amides is 2. The van der Waals surface area contributed by atoms with E-state index >= 15 is 0 Å². The van der Waals surface area contributed by atoms with Gasteiger partial charge in [-0.15, -0.1) is 0 Å². The zero-order valence-electron chi connectivity index (χ0n) is 15.6. The van der Waals surface area contributed by atoms with Crippen LogP contribution in [-0.4, -0.2) is 91.9 Å². The van der Waals surface area contributed by atoms with E-state index in [2.05, 4.69) is 4.74 Å². The van der Waals surface area contributed by atoms with E-state index < -0.39 is 42.1 Å². The van der Waals surface area contributed by atoms with Crippen LogP contribution in [0.1, 0.15) is 12.8 Å². The Hall–Kier alpha value is -1.75. The number of fused-ring (bicyclic) bond motifs is 1. The molecule has 3 aliphatic rings. The second-order valence-electron chi connectivity index (χ2n) is 7.24. The number of ether oxygens (including phenoxy) is 3. The Balaban J connectivity index is 1.60. The van der Waals surface area contributed by atoms with Gasteiger partial charge in [0.25, 0.3) is 0 Å². The van der Waals surface area contributed by atoms with Gasteiger partial charge in [-0.25, -0.2) is 0 Å². The molecule has 0 spiro atoms. The lowest BCUT2D eigenvalue weighted by Gasteiger charge is -2.27. The molecule has 0 saturated carbocycles. The summed E-state index contributed by atoms with van der Waals surface area (Å²) in [5.41, 5.74) is 0. The van der Waals surface area contributed by atoms with E-state index in [1.165, 1.54) is 7.11 Å². The fraction of sp³-hybridized carbons (Fsp3) is 0.722. The van der Waals surface area contributed by atoms with Crippen LogP contribution < -0.4 is 0 Å². The molecule has 2 saturated heterocycles. The van der Waals surface area contributed by atoms with Crippen molar-refractivity contribution in [2.45, 2.75) is 37.2 Å². The van der Waals surface area contributed by atoms with Gasteiger partial charge in [-0.3, -0.25) is 19.3 Å². The van der Waals surface area contributed by atoms with Crippen molar-refractivity contribution in [3.8, 4) is 0 Å². The summed E-state index contributed by atoms with van der Waals surface area (Å²) in [5.74, 6) is -2.65. The topological polar surface area (TPSA) is 123 Å². The number of aliphatic hydroxyl groups is 2. The maximum absolute atomic E-state index is 12.7. The lowest BCUT2D eigenvalue weighted by molar-refractivity contribution is -0.151. The first kappa shape index (κ1) is 21.0. The zero-order chi connectivity index (χ0) is 20.4. The molecular weight excluding hydrogens is 369 g/mol. The molecule has 0 aromatic rings. The molecule has 2 N–H and O–H groups in total. The SMILES string of the molecule is [B][C@@H]1O[C@H](CO)C(O)[C@@H]1OCCC1C=CCC2C(=O)N(CC(=O)OC)C(=O)C12. The molecule has 2 fully saturated rings. The van der Waals surface area contributed by atoms with E-state index in [1.807, 2.05) is 12.2 Å². The molecule has 2 radical (unpaired) electrons. The number of carbonyl (C=O) groups excluding carboxylic acids is 3. The number of methoxy groups -OCH3 is 1. The lowest BCUT2D eigenvalue weighted by Crippen LogP contribution is -2.38. The minimum Gasteiger partial charge on any atom is -0.468 e. The van der Waals surface area contributed by atoms with Crippen LogP contribution in [0.15, 0.2) is 12.2 Å². The predicted octanol–water partition coefficient (Wildman–Crippen LogP) is -1.64. The number of carbonyl (C=O) groups is 3. The van der Waals surface area contributed by atoms with Gasteiger partial charge in [0.1, 0.15) is 32.7 Å². The minimum absolute atomic E-state index is 0.188. The predicted molar refractivity (Wildman–Crippen MR) is 94.8 cm³/mol. The molecular formula is C18H24BNO8. The van der Waals surface area contributed by atoms with Gasteiger partial charge in [-0.05, 0) is 18.8 Å². The highest BCUT2D eigenvalue weighted by atomic mass is 16.6. The first-order valence-corrected chi connectivity index (χ1v) is 9.29. The van der Waals surface area contributed by atoms with Crippen molar-refractivity contribution in [1.82, 2.24) is 4.90 Å². The van der Waals surface area contributed by atoms with Crippen molar-refractivity contribution < 1.29 is 38.8 Å². The fourth-order valence-corrected chi connectivity index (χ4v) is 4.14. The molecule has 28 heavy (non-hydrogen) atoms. The number of allylic oxidation sites excluding steroid dienone is 2. The number of imide groups is 1. The summed E-state index contributed by atoms with van der Waals surface area (Å²) >= 11 is 0. The number of aliphatic hydroxyl groups excluding tert-OH is 2. The van der Waals surface area contributed by atoms with Crippen LogP contribution in [0, 0.1) is 17.8 Å². The normalized spacial score (nSPS) is 37.4. The van der Waals surface area contributed by atoms with Gasteiger partial charge in [0, 0.05) is 12.6 Å². The Morgan fingerprint density at radius 2 is 2.14 bits per heavy atom. The summed E-state index contributed by atoms with van der Waals surface area (Å²) in [6, 6.07) is -0.855. The Morgan fingerprint density at radius 1 is 1.39 bits per heavy atom. The summed E-state index contributed by atoms with van der Waals surface area (Å²) in [6.45, 7) is -0.558. The number of hydrogen-bond acceptors (Lipinski definition) is 8. The van der Waals surface area contributed by atoms with Gasteiger partial charge in [0.15, 0.2) is 0 Å². The van der Waals surface area contributed by atoms with Crippen molar-refractivity contribution in [2.75, 3.05) is 26.9 Å². The number of nitrogens with zero attached hydrogens (tertiary/aromatic N) is 1. The van der Waals surface area contributed by atoms with Crippen LogP contribution in [-0.2, 0) is 28.6 Å². The molecule has 3 rings (SSSR count). The molecule has 1 aliphatic carbocycles. The third-order valence-corrected chi connectivity index (χ3v) is 5.63. The monoisotopic (exact) mass is 393 g/mol. The summed E-state index contributed by atoms with van der Waals surface area (Å²) in [6.07, 6.45) is 2.01. The van der Waals surface area contributed by atoms with Crippen molar-refractivity contribution >= 4 is 25.6 Å². The van der Waals surface area contributed by atoms with Crippen molar-refractivity contribution in [3.05, 3.63) is 12.2 Å². The van der Waals surface area contributed by atoms with Crippen molar-refractivity contribution in [2.24, 2.45) is 17.8 Å². The van der Waals surface area contributed by atoms with E-state index in [0.717, 1.165) is 4.90 Å². The summed E-state index contributed by atoms with van der Waals surface area (Å²) in [5, 5.41) is 19.2. The molecule has 0 aromatic carbocycles. The van der Waals surface area contributed by atoms with Crippen LogP contribution in [0.5, 0.6) is 0 Å². The molecule has 152 valence electrons. The third-order valence-electron chi connectivity index (χ3n) is 5.63. The van der Waals surface area contributed by atoms with Gasteiger partial charge in [0.2, 0.25) is 11.8 Å². The standard InChI is InChI=1S/C18H24BNO8/c1-26-12(22)7-20-17(24)10-4-2-3-9(13(10)18(20)25)5-6-27-15-14(23)11(8-21)28-16(15)19/h2-3,9-11,13-16,21,23H,4-8H2,1H3/t9?,10?,11-,13?,14?,15+,16-/m1/s1. The van der Waals surface area contributed by atoms with Crippen LogP contribution in [0.3, 0.4) is 0 Å². The molecule has 7 atom stereocenters. The van der Waals surface area contributed by atoms with Crippen LogP contribution in [0.2, 0.25) is 0 Å². The highest BCUT2D eigenvalue weighted by Crippen LogP contribution is 2.40. The van der Waals surface area contributed by atoms with Gasteiger partial charge in [0.05, 0.1) is 25.6 Å². The van der Waals surface area contributed by atoms with Crippen LogP contribution >= 0.6 is 0 Å². The second kappa shape index (κ2) is 8.73. The Morgan fingerprint density at radius 3 is 2.79 bits per heavy atom. The first-order valence-electron chi connectivity index (χ1n) is 9.29. The number of hydrogen-bond donors (Lipinski definition) is 2. The number of likely N-dealkylation sites (tertiary alicyclic amines) is 1. The number of esters is 1. The van der Waals surface area contributed by atoms with Crippen molar-refractivity contribution in [1.29, 1.82) is 0 Å². The summed E-state index contributed by atoms with van der Waals surface area (Å²) < 4.78 is 15.4. The minimum atomic E-state index is -1.04. The highest BCUT2D eigenvalue weighted by molar-refractivity contribution is 6.11. The zero-order valence-corrected chi connectivity index (χ0v) is 15.6. The molecule has 4 unspecified atom stereocenters. The Labute approximate surface area is 164 Å². The average Bonchev–Trinajstić information content (AvgIpc) is 3.10. The van der Waals surface area contributed by atoms with Crippen LogP contribution in [0.25, 0.3) is 0 Å². The molecule has 0 bridgehead atoms. The van der Waals surface area contributed by atoms with Gasteiger partial charge < -0.3 is 24.4 Å². The lowest BCUT2D eigenvalue weighted by atomic mass is 9.76. The van der Waals surface area contributed by atoms with E-state index in [0.29, 0.717) is 12.8 Å². The van der Waals surface area contributed by atoms with E-state index in [1.54, 1.807) is 0 Å². The maximum atomic E-state index is 12.7. The smallest absolute Gasteiger partial charge is 0.325 e. The second-order valence-corrected chi connectivity index (χ2v) is 7.24. The largest absolute Gasteiger partial charge is 0.468 e. The molecule has 0 aromatic heterocycles. The van der Waals surface area contributed by atoms with Gasteiger partial charge >= 0.3 is 5.97 Å². The molecule has 2 aliphatic heterocycles. The molecule has 2 amide bonds. The van der Waals surface area contributed by atoms with Gasteiger partial charge in [-0.1, -0.05) is 12.2 Å². The fourth-order valence-electron chi connectivity index (χ4n) is 4.14. The summed E-state index contributed by atoms with van der Waals surface area (Å²) in [4.78, 5) is 37.7. The summed E-state index contributed by atoms with van der Waals surface area (Å²) in [7, 11) is 6.98. The molecule has 10 heteroatoms. The first-order chi connectivity index (χ1) is 13.4. The van der Waals surface area contributed by atoms with Crippen LogP contribution in [0.4, 0.5) is 0 Å². The third kappa shape index (κ3) is 3.87. The quantitative estimate of drug-likeness (QED) is 0.229. The average molecular weight is 393 g/mol. The maximum Gasteiger partial charge on any atom is 0.325 e. The number of rotatable bonds is 7. The molecule has 2 heterocycles. The highest BCUT2D eigenvalue weighted by Gasteiger charge is 2.51. The van der Waals surface area contributed by atoms with E-state index in [9.17, 15) is 19.5 Å². The Bertz CT molecular complexity index is 655. The van der Waals surface area contributed by atoms with Crippen molar-refractivity contribution in [3.63, 3.8) is 0 Å². The van der Waals surface area contributed by atoms with E-state index in [4.69, 9.17) is 22.4 Å². The van der Waals surface area contributed by atoms with E-state index in [-0.39, 0.29) is 37.5 Å². The van der Waals surface area contributed by atoms with Gasteiger partial charge in [-0.2, -0.15) is 0 Å². The Kier molecular flexibility index (Phi) is 6.54.